The van der Waals surface area contributed by atoms with Crippen LogP contribution in [0.1, 0.15) is 33.1 Å². The lowest BCUT2D eigenvalue weighted by molar-refractivity contribution is -0.0453. The maximum Gasteiger partial charge on any atom is 0.191 e. The Labute approximate surface area is 190 Å². The molecule has 8 heteroatoms. The fourth-order valence-electron chi connectivity index (χ4n) is 3.74. The highest BCUT2D eigenvalue weighted by Crippen LogP contribution is 2.22. The molecule has 0 spiro atoms. The van der Waals surface area contributed by atoms with Crippen molar-refractivity contribution in [3.63, 3.8) is 0 Å². The number of hydrogen-bond acceptors (Lipinski definition) is 4. The Hall–Kier alpha value is -1.13. The van der Waals surface area contributed by atoms with Gasteiger partial charge in [0.25, 0.3) is 0 Å². The van der Waals surface area contributed by atoms with Gasteiger partial charge in [-0.25, -0.2) is 9.38 Å². The maximum atomic E-state index is 13.4. The van der Waals surface area contributed by atoms with Crippen molar-refractivity contribution < 1.29 is 13.9 Å². The molecule has 2 saturated heterocycles. The Balaban J connectivity index is 0.00000300. The van der Waals surface area contributed by atoms with Crippen LogP contribution in [-0.4, -0.2) is 68.4 Å². The van der Waals surface area contributed by atoms with Crippen LogP contribution in [0.15, 0.2) is 29.3 Å². The van der Waals surface area contributed by atoms with Gasteiger partial charge in [0, 0.05) is 31.7 Å². The van der Waals surface area contributed by atoms with Gasteiger partial charge in [-0.15, -0.1) is 24.0 Å². The van der Waals surface area contributed by atoms with Gasteiger partial charge in [-0.05, 0) is 44.9 Å². The zero-order valence-corrected chi connectivity index (χ0v) is 19.7. The minimum absolute atomic E-state index is 0. The molecular weight excluding hydrogens is 486 g/mol. The number of halogens is 2. The minimum atomic E-state index is -0.293. The average Bonchev–Trinajstić information content (AvgIpc) is 3.17. The number of rotatable bonds is 8. The number of benzene rings is 1. The Morgan fingerprint density at radius 2 is 2.24 bits per heavy atom. The van der Waals surface area contributed by atoms with Crippen LogP contribution >= 0.6 is 24.0 Å². The molecule has 2 N–H and O–H groups in total. The van der Waals surface area contributed by atoms with Gasteiger partial charge in [0.2, 0.25) is 0 Å². The molecule has 0 aromatic heterocycles. The highest BCUT2D eigenvalue weighted by molar-refractivity contribution is 14.0. The number of hydrogen-bond donors (Lipinski definition) is 2. The number of aliphatic imine (C=N–C) groups is 1. The molecule has 2 aliphatic heterocycles. The summed E-state index contributed by atoms with van der Waals surface area (Å²) >= 11 is 0. The van der Waals surface area contributed by atoms with Crippen LogP contribution in [0.3, 0.4) is 0 Å². The molecule has 2 aliphatic rings. The van der Waals surface area contributed by atoms with Crippen molar-refractivity contribution in [3.05, 3.63) is 30.1 Å². The van der Waals surface area contributed by atoms with Gasteiger partial charge in [-0.1, -0.05) is 13.0 Å². The monoisotopic (exact) mass is 520 g/mol. The SMILES string of the molecule is CCNC(=NCC(CC)Oc1cccc(F)c1)NCC1CN2CCCC2CO1.I. The van der Waals surface area contributed by atoms with Crippen molar-refractivity contribution >= 4 is 29.9 Å². The molecule has 1 aromatic rings. The third-order valence-corrected chi connectivity index (χ3v) is 5.31. The van der Waals surface area contributed by atoms with Crippen LogP contribution in [0.4, 0.5) is 4.39 Å². The maximum absolute atomic E-state index is 13.4. The summed E-state index contributed by atoms with van der Waals surface area (Å²) in [5.41, 5.74) is 0. The van der Waals surface area contributed by atoms with E-state index in [0.717, 1.165) is 38.6 Å². The van der Waals surface area contributed by atoms with E-state index < -0.39 is 0 Å². The molecule has 6 nitrogen and oxygen atoms in total. The average molecular weight is 520 g/mol. The lowest BCUT2D eigenvalue weighted by Crippen LogP contribution is -2.51. The summed E-state index contributed by atoms with van der Waals surface area (Å²) in [5.74, 6) is 1.00. The van der Waals surface area contributed by atoms with Crippen molar-refractivity contribution in [1.82, 2.24) is 15.5 Å². The second-order valence-corrected chi connectivity index (χ2v) is 7.45. The quantitative estimate of drug-likeness (QED) is 0.314. The first-order chi connectivity index (χ1) is 13.7. The van der Waals surface area contributed by atoms with Crippen molar-refractivity contribution in [2.24, 2.45) is 4.99 Å². The molecular formula is C21H34FIN4O2. The van der Waals surface area contributed by atoms with Gasteiger partial charge in [-0.3, -0.25) is 4.90 Å². The number of nitrogens with zero attached hydrogens (tertiary/aromatic N) is 2. The van der Waals surface area contributed by atoms with E-state index in [1.165, 1.54) is 31.5 Å². The Kier molecular flexibility index (Phi) is 10.4. The fraction of sp³-hybridized carbons (Fsp3) is 0.667. The fourth-order valence-corrected chi connectivity index (χ4v) is 3.74. The van der Waals surface area contributed by atoms with E-state index >= 15 is 0 Å². The Morgan fingerprint density at radius 3 is 3.00 bits per heavy atom. The van der Waals surface area contributed by atoms with E-state index in [9.17, 15) is 4.39 Å². The molecule has 0 amide bonds. The zero-order chi connectivity index (χ0) is 19.8. The Bertz CT molecular complexity index is 649. The van der Waals surface area contributed by atoms with Gasteiger partial charge >= 0.3 is 0 Å². The summed E-state index contributed by atoms with van der Waals surface area (Å²) in [6.07, 6.45) is 3.41. The predicted molar refractivity (Wildman–Crippen MR) is 125 cm³/mol. The van der Waals surface area contributed by atoms with Crippen LogP contribution in [0.5, 0.6) is 5.75 Å². The molecule has 2 fully saturated rings. The van der Waals surface area contributed by atoms with Crippen LogP contribution in [0.2, 0.25) is 0 Å². The summed E-state index contributed by atoms with van der Waals surface area (Å²) in [7, 11) is 0. The molecule has 3 rings (SSSR count). The summed E-state index contributed by atoms with van der Waals surface area (Å²) < 4.78 is 25.2. The van der Waals surface area contributed by atoms with E-state index in [2.05, 4.69) is 20.5 Å². The zero-order valence-electron chi connectivity index (χ0n) is 17.4. The van der Waals surface area contributed by atoms with Crippen LogP contribution in [0.25, 0.3) is 0 Å². The van der Waals surface area contributed by atoms with E-state index in [4.69, 9.17) is 9.47 Å². The van der Waals surface area contributed by atoms with Gasteiger partial charge in [0.05, 0.1) is 19.3 Å². The van der Waals surface area contributed by atoms with Crippen molar-refractivity contribution in [2.45, 2.75) is 51.4 Å². The standard InChI is InChI=1S/C21H33FN4O2.HI/c1-3-18(28-19-9-5-7-16(22)11-19)12-24-21(23-4-2)25-13-20-14-26-10-6-8-17(26)15-27-20;/h5,7,9,11,17-18,20H,3-4,6,8,10,12-15H2,1-2H3,(H2,23,24,25);1H. The molecule has 0 aliphatic carbocycles. The molecule has 29 heavy (non-hydrogen) atoms. The topological polar surface area (TPSA) is 58.1 Å². The second kappa shape index (κ2) is 12.5. The molecule has 1 aromatic carbocycles. The first-order valence-corrected chi connectivity index (χ1v) is 10.5. The molecule has 164 valence electrons. The van der Waals surface area contributed by atoms with E-state index in [-0.39, 0.29) is 42.0 Å². The first-order valence-electron chi connectivity index (χ1n) is 10.5. The number of ether oxygens (including phenoxy) is 2. The largest absolute Gasteiger partial charge is 0.488 e. The normalized spacial score (nSPS) is 23.1. The number of nitrogens with one attached hydrogen (secondary N) is 2. The highest BCUT2D eigenvalue weighted by Gasteiger charge is 2.32. The molecule has 0 bridgehead atoms. The minimum Gasteiger partial charge on any atom is -0.488 e. The molecule has 0 saturated carbocycles. The third kappa shape index (κ3) is 7.57. The molecule has 3 atom stereocenters. The van der Waals surface area contributed by atoms with E-state index in [1.807, 2.05) is 13.8 Å². The molecule has 0 radical (unpaired) electrons. The lowest BCUT2D eigenvalue weighted by Gasteiger charge is -2.35. The van der Waals surface area contributed by atoms with Crippen LogP contribution < -0.4 is 15.4 Å². The van der Waals surface area contributed by atoms with Gasteiger partial charge in [0.15, 0.2) is 5.96 Å². The van der Waals surface area contributed by atoms with E-state index in [1.54, 1.807) is 12.1 Å². The van der Waals surface area contributed by atoms with Crippen LogP contribution in [-0.2, 0) is 4.74 Å². The summed E-state index contributed by atoms with van der Waals surface area (Å²) in [4.78, 5) is 7.20. The van der Waals surface area contributed by atoms with Gasteiger partial charge in [0.1, 0.15) is 17.7 Å². The Morgan fingerprint density at radius 1 is 1.38 bits per heavy atom. The summed E-state index contributed by atoms with van der Waals surface area (Å²) in [6, 6.07) is 6.86. The number of morpholine rings is 1. The number of fused-ring (bicyclic) bond motifs is 1. The van der Waals surface area contributed by atoms with Crippen molar-refractivity contribution in [2.75, 3.05) is 39.3 Å². The van der Waals surface area contributed by atoms with Crippen LogP contribution in [0, 0.1) is 5.82 Å². The van der Waals surface area contributed by atoms with Gasteiger partial charge in [-0.2, -0.15) is 0 Å². The summed E-state index contributed by atoms with van der Waals surface area (Å²) in [5, 5.41) is 6.67. The van der Waals surface area contributed by atoms with Crippen molar-refractivity contribution in [3.8, 4) is 5.75 Å². The molecule has 3 unspecified atom stereocenters. The smallest absolute Gasteiger partial charge is 0.191 e. The van der Waals surface area contributed by atoms with Gasteiger partial charge < -0.3 is 20.1 Å². The first kappa shape index (κ1) is 24.1. The lowest BCUT2D eigenvalue weighted by atomic mass is 10.2. The predicted octanol–water partition coefficient (Wildman–Crippen LogP) is 3.02. The van der Waals surface area contributed by atoms with E-state index in [0.29, 0.717) is 18.3 Å². The number of guanidine groups is 1. The third-order valence-electron chi connectivity index (χ3n) is 5.31. The second-order valence-electron chi connectivity index (χ2n) is 7.45. The molecule has 2 heterocycles. The summed E-state index contributed by atoms with van der Waals surface area (Å²) in [6.45, 7) is 9.11. The van der Waals surface area contributed by atoms with Crippen molar-refractivity contribution in [1.29, 1.82) is 0 Å². The highest BCUT2D eigenvalue weighted by atomic mass is 127.